The summed E-state index contributed by atoms with van der Waals surface area (Å²) in [7, 11) is 0. The fourth-order valence-corrected chi connectivity index (χ4v) is 1.77. The number of ether oxygens (including phenoxy) is 1. The van der Waals surface area contributed by atoms with Crippen molar-refractivity contribution in [2.75, 3.05) is 24.7 Å². The summed E-state index contributed by atoms with van der Waals surface area (Å²) in [5, 5.41) is 9.07. The Bertz CT molecular complexity index is 305. The second kappa shape index (κ2) is 4.59. The zero-order valence-electron chi connectivity index (χ0n) is 8.84. The second-order valence-corrected chi connectivity index (χ2v) is 3.83. The van der Waals surface area contributed by atoms with Crippen molar-refractivity contribution in [1.29, 1.82) is 0 Å². The second-order valence-electron chi connectivity index (χ2n) is 3.83. The summed E-state index contributed by atoms with van der Waals surface area (Å²) in [6.45, 7) is 3.51. The number of pyridine rings is 1. The molecule has 0 aliphatic carbocycles. The number of nitrogens with zero attached hydrogens (tertiary/aromatic N) is 2. The Morgan fingerprint density at radius 3 is 3.13 bits per heavy atom. The monoisotopic (exact) mass is 208 g/mol. The van der Waals surface area contributed by atoms with Crippen molar-refractivity contribution in [2.45, 2.75) is 19.1 Å². The highest BCUT2D eigenvalue weighted by molar-refractivity contribution is 5.39. The van der Waals surface area contributed by atoms with Crippen molar-refractivity contribution in [3.63, 3.8) is 0 Å². The molecular formula is C11H16N2O2. The molecule has 2 unspecified atom stereocenters. The van der Waals surface area contributed by atoms with Gasteiger partial charge in [0, 0.05) is 12.7 Å². The van der Waals surface area contributed by atoms with Crippen LogP contribution in [0, 0.1) is 0 Å². The molecule has 1 aromatic heterocycles. The van der Waals surface area contributed by atoms with Crippen LogP contribution < -0.4 is 4.90 Å². The van der Waals surface area contributed by atoms with E-state index in [0.717, 1.165) is 5.82 Å². The molecule has 2 atom stereocenters. The zero-order valence-corrected chi connectivity index (χ0v) is 8.84. The van der Waals surface area contributed by atoms with Gasteiger partial charge in [-0.1, -0.05) is 6.07 Å². The van der Waals surface area contributed by atoms with E-state index in [2.05, 4.69) is 16.8 Å². The van der Waals surface area contributed by atoms with E-state index in [4.69, 9.17) is 9.84 Å². The molecule has 2 heterocycles. The van der Waals surface area contributed by atoms with Gasteiger partial charge >= 0.3 is 0 Å². The molecule has 0 bridgehead atoms. The topological polar surface area (TPSA) is 45.6 Å². The van der Waals surface area contributed by atoms with Crippen molar-refractivity contribution in [3.05, 3.63) is 24.4 Å². The van der Waals surface area contributed by atoms with Gasteiger partial charge in [-0.25, -0.2) is 4.98 Å². The van der Waals surface area contributed by atoms with Gasteiger partial charge in [0.1, 0.15) is 5.82 Å². The molecule has 82 valence electrons. The maximum absolute atomic E-state index is 9.07. The summed E-state index contributed by atoms with van der Waals surface area (Å²) in [5.41, 5.74) is 0. The van der Waals surface area contributed by atoms with E-state index < -0.39 is 0 Å². The summed E-state index contributed by atoms with van der Waals surface area (Å²) in [6, 6.07) is 6.16. The lowest BCUT2D eigenvalue weighted by molar-refractivity contribution is -0.0105. The molecular weight excluding hydrogens is 192 g/mol. The Morgan fingerprint density at radius 2 is 2.47 bits per heavy atom. The van der Waals surface area contributed by atoms with Gasteiger partial charge in [0.2, 0.25) is 0 Å². The summed E-state index contributed by atoms with van der Waals surface area (Å²) in [6.07, 6.45) is 1.69. The molecule has 15 heavy (non-hydrogen) atoms. The van der Waals surface area contributed by atoms with E-state index in [1.54, 1.807) is 6.20 Å². The van der Waals surface area contributed by atoms with Crippen molar-refractivity contribution >= 4 is 5.82 Å². The SMILES string of the molecule is CC1COC(CO)CN1c1ccccn1. The third kappa shape index (κ3) is 2.27. The van der Waals surface area contributed by atoms with Gasteiger partial charge in [0.05, 0.1) is 25.4 Å². The molecule has 0 aromatic carbocycles. The molecule has 4 heteroatoms. The Hall–Kier alpha value is -1.13. The van der Waals surface area contributed by atoms with Gasteiger partial charge in [0.25, 0.3) is 0 Å². The third-order valence-electron chi connectivity index (χ3n) is 2.65. The highest BCUT2D eigenvalue weighted by Gasteiger charge is 2.26. The maximum atomic E-state index is 9.07. The number of anilines is 1. The molecule has 0 radical (unpaired) electrons. The minimum absolute atomic E-state index is 0.0655. The quantitative estimate of drug-likeness (QED) is 0.776. The summed E-state index contributed by atoms with van der Waals surface area (Å²) < 4.78 is 5.47. The Balaban J connectivity index is 2.13. The van der Waals surface area contributed by atoms with E-state index in [-0.39, 0.29) is 12.7 Å². The number of hydrogen-bond acceptors (Lipinski definition) is 4. The van der Waals surface area contributed by atoms with Crippen molar-refractivity contribution in [2.24, 2.45) is 0 Å². The number of aliphatic hydroxyl groups is 1. The van der Waals surface area contributed by atoms with Crippen LogP contribution in [0.3, 0.4) is 0 Å². The third-order valence-corrected chi connectivity index (χ3v) is 2.65. The molecule has 1 aliphatic rings. The summed E-state index contributed by atoms with van der Waals surface area (Å²) >= 11 is 0. The maximum Gasteiger partial charge on any atom is 0.128 e. The first-order valence-corrected chi connectivity index (χ1v) is 5.21. The van der Waals surface area contributed by atoms with Gasteiger partial charge in [0.15, 0.2) is 0 Å². The van der Waals surface area contributed by atoms with Crippen molar-refractivity contribution < 1.29 is 9.84 Å². The molecule has 1 N–H and O–H groups in total. The zero-order chi connectivity index (χ0) is 10.7. The van der Waals surface area contributed by atoms with Crippen LogP contribution in [0.4, 0.5) is 5.82 Å². The van der Waals surface area contributed by atoms with Crippen LogP contribution in [0.15, 0.2) is 24.4 Å². The van der Waals surface area contributed by atoms with Crippen LogP contribution in [0.5, 0.6) is 0 Å². The Labute approximate surface area is 89.5 Å². The fourth-order valence-electron chi connectivity index (χ4n) is 1.77. The van der Waals surface area contributed by atoms with E-state index >= 15 is 0 Å². The average Bonchev–Trinajstić information content (AvgIpc) is 2.31. The van der Waals surface area contributed by atoms with Crippen molar-refractivity contribution in [3.8, 4) is 0 Å². The smallest absolute Gasteiger partial charge is 0.128 e. The van der Waals surface area contributed by atoms with E-state index in [9.17, 15) is 0 Å². The van der Waals surface area contributed by atoms with E-state index in [0.29, 0.717) is 19.2 Å². The predicted octanol–water partition coefficient (Wildman–Crippen LogP) is 0.668. The molecule has 2 rings (SSSR count). The first-order chi connectivity index (χ1) is 7.31. The molecule has 0 amide bonds. The predicted molar refractivity (Wildman–Crippen MR) is 57.9 cm³/mol. The Morgan fingerprint density at radius 1 is 1.60 bits per heavy atom. The van der Waals surface area contributed by atoms with Crippen LogP contribution in [-0.4, -0.2) is 42.0 Å². The number of morpholine rings is 1. The van der Waals surface area contributed by atoms with Gasteiger partial charge in [-0.2, -0.15) is 0 Å². The minimum Gasteiger partial charge on any atom is -0.394 e. The highest BCUT2D eigenvalue weighted by atomic mass is 16.5. The van der Waals surface area contributed by atoms with Crippen molar-refractivity contribution in [1.82, 2.24) is 4.98 Å². The largest absolute Gasteiger partial charge is 0.394 e. The van der Waals surface area contributed by atoms with Gasteiger partial charge in [-0.3, -0.25) is 0 Å². The average molecular weight is 208 g/mol. The number of rotatable bonds is 2. The summed E-state index contributed by atoms with van der Waals surface area (Å²) in [5.74, 6) is 0.951. The lowest BCUT2D eigenvalue weighted by Gasteiger charge is -2.38. The van der Waals surface area contributed by atoms with Crippen LogP contribution in [0.1, 0.15) is 6.92 Å². The lowest BCUT2D eigenvalue weighted by atomic mass is 10.2. The number of hydrogen-bond donors (Lipinski definition) is 1. The standard InChI is InChI=1S/C11H16N2O2/c1-9-8-15-10(7-14)6-13(9)11-4-2-3-5-12-11/h2-5,9-10,14H,6-8H2,1H3. The van der Waals surface area contributed by atoms with E-state index in [1.807, 2.05) is 18.2 Å². The molecule has 0 saturated carbocycles. The van der Waals surface area contributed by atoms with Crippen LogP contribution in [-0.2, 0) is 4.74 Å². The van der Waals surface area contributed by atoms with Gasteiger partial charge in [-0.15, -0.1) is 0 Å². The molecule has 0 spiro atoms. The van der Waals surface area contributed by atoms with Gasteiger partial charge < -0.3 is 14.7 Å². The van der Waals surface area contributed by atoms with Crippen LogP contribution >= 0.6 is 0 Å². The minimum atomic E-state index is -0.0943. The molecule has 1 saturated heterocycles. The first-order valence-electron chi connectivity index (χ1n) is 5.21. The number of aliphatic hydroxyl groups excluding tert-OH is 1. The van der Waals surface area contributed by atoms with Crippen LogP contribution in [0.25, 0.3) is 0 Å². The molecule has 1 fully saturated rings. The van der Waals surface area contributed by atoms with E-state index in [1.165, 1.54) is 0 Å². The Kier molecular flexibility index (Phi) is 3.18. The lowest BCUT2D eigenvalue weighted by Crippen LogP contribution is -2.49. The highest BCUT2D eigenvalue weighted by Crippen LogP contribution is 2.18. The molecule has 1 aromatic rings. The summed E-state index contributed by atoms with van der Waals surface area (Å²) in [4.78, 5) is 6.48. The fraction of sp³-hybridized carbons (Fsp3) is 0.545. The molecule has 1 aliphatic heterocycles. The normalized spacial score (nSPS) is 26.7. The number of aromatic nitrogens is 1. The van der Waals surface area contributed by atoms with Gasteiger partial charge in [-0.05, 0) is 19.1 Å². The molecule has 4 nitrogen and oxygen atoms in total. The first kappa shape index (κ1) is 10.4. The van der Waals surface area contributed by atoms with Crippen LogP contribution in [0.2, 0.25) is 0 Å².